The van der Waals surface area contributed by atoms with Gasteiger partial charge in [-0.1, -0.05) is 6.07 Å². The van der Waals surface area contributed by atoms with E-state index in [0.717, 1.165) is 12.8 Å². The van der Waals surface area contributed by atoms with Crippen LogP contribution >= 0.6 is 0 Å². The molecule has 1 aliphatic heterocycles. The molecular formula is C18H21N3O4. The monoisotopic (exact) mass is 343 g/mol. The summed E-state index contributed by atoms with van der Waals surface area (Å²) in [4.78, 5) is 14.7. The molecule has 1 fully saturated rings. The van der Waals surface area contributed by atoms with Crippen molar-refractivity contribution in [1.82, 2.24) is 15.1 Å². The third-order valence-corrected chi connectivity index (χ3v) is 4.13. The SMILES string of the molecule is COc1cccc(C(=O)N2CCC[C@@H](Oc3cccnn3)C2)c1OC. The van der Waals surface area contributed by atoms with Crippen LogP contribution in [0.2, 0.25) is 0 Å². The molecule has 0 bridgehead atoms. The lowest BCUT2D eigenvalue weighted by molar-refractivity contribution is 0.0522. The summed E-state index contributed by atoms with van der Waals surface area (Å²) in [5.74, 6) is 1.37. The van der Waals surface area contributed by atoms with E-state index in [2.05, 4.69) is 10.2 Å². The fraction of sp³-hybridized carbons (Fsp3) is 0.389. The molecule has 0 saturated carbocycles. The topological polar surface area (TPSA) is 73.8 Å². The number of likely N-dealkylation sites (tertiary alicyclic amines) is 1. The highest BCUT2D eigenvalue weighted by molar-refractivity contribution is 5.98. The smallest absolute Gasteiger partial charge is 0.257 e. The van der Waals surface area contributed by atoms with Crippen molar-refractivity contribution in [3.8, 4) is 17.4 Å². The molecule has 1 aliphatic rings. The molecule has 7 nitrogen and oxygen atoms in total. The zero-order chi connectivity index (χ0) is 17.6. The molecule has 1 aromatic heterocycles. The summed E-state index contributed by atoms with van der Waals surface area (Å²) in [7, 11) is 3.09. The van der Waals surface area contributed by atoms with Gasteiger partial charge in [-0.25, -0.2) is 0 Å². The Morgan fingerprint density at radius 3 is 2.80 bits per heavy atom. The molecular weight excluding hydrogens is 322 g/mol. The van der Waals surface area contributed by atoms with Crippen LogP contribution in [-0.4, -0.2) is 54.4 Å². The maximum absolute atomic E-state index is 13.0. The fourth-order valence-corrected chi connectivity index (χ4v) is 2.97. The summed E-state index contributed by atoms with van der Waals surface area (Å²) < 4.78 is 16.5. The molecule has 1 amide bonds. The van der Waals surface area contributed by atoms with E-state index in [0.29, 0.717) is 36.0 Å². The predicted molar refractivity (Wildman–Crippen MR) is 91.1 cm³/mol. The van der Waals surface area contributed by atoms with E-state index < -0.39 is 0 Å². The van der Waals surface area contributed by atoms with E-state index in [-0.39, 0.29) is 12.0 Å². The number of hydrogen-bond acceptors (Lipinski definition) is 6. The number of carbonyl (C=O) groups excluding carboxylic acids is 1. The second kappa shape index (κ2) is 7.83. The van der Waals surface area contributed by atoms with Gasteiger partial charge in [-0.05, 0) is 31.0 Å². The van der Waals surface area contributed by atoms with Crippen LogP contribution in [0.25, 0.3) is 0 Å². The van der Waals surface area contributed by atoms with Crippen LogP contribution in [0.4, 0.5) is 0 Å². The van der Waals surface area contributed by atoms with Gasteiger partial charge in [-0.2, -0.15) is 5.10 Å². The number of piperidine rings is 1. The van der Waals surface area contributed by atoms with Gasteiger partial charge in [0, 0.05) is 18.8 Å². The van der Waals surface area contributed by atoms with E-state index in [1.54, 1.807) is 48.5 Å². The van der Waals surface area contributed by atoms with Crippen LogP contribution in [0.15, 0.2) is 36.5 Å². The molecule has 0 aliphatic carbocycles. The molecule has 0 N–H and O–H groups in total. The number of para-hydroxylation sites is 1. The highest BCUT2D eigenvalue weighted by Gasteiger charge is 2.28. The Bertz CT molecular complexity index is 724. The summed E-state index contributed by atoms with van der Waals surface area (Å²) in [6.07, 6.45) is 3.22. The van der Waals surface area contributed by atoms with Crippen molar-refractivity contribution >= 4 is 5.91 Å². The minimum Gasteiger partial charge on any atom is -0.493 e. The molecule has 25 heavy (non-hydrogen) atoms. The first-order valence-corrected chi connectivity index (χ1v) is 8.17. The largest absolute Gasteiger partial charge is 0.493 e. The van der Waals surface area contributed by atoms with E-state index in [1.807, 2.05) is 0 Å². The first kappa shape index (κ1) is 17.0. The van der Waals surface area contributed by atoms with Crippen molar-refractivity contribution in [2.24, 2.45) is 0 Å². The number of nitrogens with zero attached hydrogens (tertiary/aromatic N) is 3. The van der Waals surface area contributed by atoms with Gasteiger partial charge in [0.05, 0.1) is 26.3 Å². The fourth-order valence-electron chi connectivity index (χ4n) is 2.97. The Morgan fingerprint density at radius 1 is 1.20 bits per heavy atom. The first-order valence-electron chi connectivity index (χ1n) is 8.17. The molecule has 3 rings (SSSR count). The minimum atomic E-state index is -0.106. The Kier molecular flexibility index (Phi) is 5.33. The van der Waals surface area contributed by atoms with E-state index in [1.165, 1.54) is 7.11 Å². The normalized spacial score (nSPS) is 17.0. The van der Waals surface area contributed by atoms with Crippen LogP contribution in [0, 0.1) is 0 Å². The number of hydrogen-bond donors (Lipinski definition) is 0. The summed E-state index contributed by atoms with van der Waals surface area (Å²) in [5, 5.41) is 7.75. The molecule has 2 heterocycles. The quantitative estimate of drug-likeness (QED) is 0.828. The van der Waals surface area contributed by atoms with Crippen molar-refractivity contribution in [3.63, 3.8) is 0 Å². The number of ether oxygens (including phenoxy) is 3. The molecule has 132 valence electrons. The molecule has 2 aromatic rings. The molecule has 7 heteroatoms. The number of rotatable bonds is 5. The van der Waals surface area contributed by atoms with Gasteiger partial charge >= 0.3 is 0 Å². The van der Waals surface area contributed by atoms with Crippen molar-refractivity contribution in [2.75, 3.05) is 27.3 Å². The molecule has 1 aromatic carbocycles. The maximum Gasteiger partial charge on any atom is 0.257 e. The van der Waals surface area contributed by atoms with E-state index >= 15 is 0 Å². The highest BCUT2D eigenvalue weighted by atomic mass is 16.5. The lowest BCUT2D eigenvalue weighted by atomic mass is 10.1. The zero-order valence-electron chi connectivity index (χ0n) is 14.3. The Hall–Kier alpha value is -2.83. The lowest BCUT2D eigenvalue weighted by Crippen LogP contribution is -2.44. The van der Waals surface area contributed by atoms with Gasteiger partial charge in [0.15, 0.2) is 11.5 Å². The third kappa shape index (κ3) is 3.81. The van der Waals surface area contributed by atoms with Gasteiger partial charge < -0.3 is 19.1 Å². The van der Waals surface area contributed by atoms with Gasteiger partial charge in [-0.3, -0.25) is 4.79 Å². The first-order chi connectivity index (χ1) is 12.2. The second-order valence-corrected chi connectivity index (χ2v) is 5.74. The Balaban J connectivity index is 1.74. The minimum absolute atomic E-state index is 0.0943. The van der Waals surface area contributed by atoms with Crippen LogP contribution in [0.3, 0.4) is 0 Å². The lowest BCUT2D eigenvalue weighted by Gasteiger charge is -2.33. The molecule has 0 spiro atoms. The Labute approximate surface area is 146 Å². The average molecular weight is 343 g/mol. The molecule has 1 atom stereocenters. The summed E-state index contributed by atoms with van der Waals surface area (Å²) in [5.41, 5.74) is 0.488. The van der Waals surface area contributed by atoms with Crippen LogP contribution in [0.1, 0.15) is 23.2 Å². The average Bonchev–Trinajstić information content (AvgIpc) is 2.67. The number of aromatic nitrogens is 2. The van der Waals surface area contributed by atoms with E-state index in [9.17, 15) is 4.79 Å². The maximum atomic E-state index is 13.0. The number of methoxy groups -OCH3 is 2. The predicted octanol–water partition coefficient (Wildman–Crippen LogP) is 2.18. The zero-order valence-corrected chi connectivity index (χ0v) is 14.3. The van der Waals surface area contributed by atoms with Crippen molar-refractivity contribution in [3.05, 3.63) is 42.1 Å². The second-order valence-electron chi connectivity index (χ2n) is 5.74. The van der Waals surface area contributed by atoms with Gasteiger partial charge in [0.2, 0.25) is 5.88 Å². The summed E-state index contributed by atoms with van der Waals surface area (Å²) in [6.45, 7) is 1.18. The van der Waals surface area contributed by atoms with Crippen LogP contribution < -0.4 is 14.2 Å². The van der Waals surface area contributed by atoms with Gasteiger partial charge in [0.1, 0.15) is 6.10 Å². The van der Waals surface area contributed by atoms with Crippen LogP contribution in [0.5, 0.6) is 17.4 Å². The van der Waals surface area contributed by atoms with Crippen molar-refractivity contribution in [1.29, 1.82) is 0 Å². The third-order valence-electron chi connectivity index (χ3n) is 4.13. The molecule has 0 radical (unpaired) electrons. The summed E-state index contributed by atoms with van der Waals surface area (Å²) >= 11 is 0. The summed E-state index contributed by atoms with van der Waals surface area (Å²) in [6, 6.07) is 8.84. The molecule has 1 saturated heterocycles. The highest BCUT2D eigenvalue weighted by Crippen LogP contribution is 2.32. The number of benzene rings is 1. The molecule has 0 unspecified atom stereocenters. The number of amides is 1. The van der Waals surface area contributed by atoms with Crippen molar-refractivity contribution < 1.29 is 19.0 Å². The van der Waals surface area contributed by atoms with E-state index in [4.69, 9.17) is 14.2 Å². The van der Waals surface area contributed by atoms with Crippen molar-refractivity contribution in [2.45, 2.75) is 18.9 Å². The Morgan fingerprint density at radius 2 is 2.08 bits per heavy atom. The van der Waals surface area contributed by atoms with Crippen LogP contribution in [-0.2, 0) is 0 Å². The van der Waals surface area contributed by atoms with Gasteiger partial charge in [-0.15, -0.1) is 5.10 Å². The standard InChI is InChI=1S/C18H21N3O4/c1-23-15-8-3-7-14(17(15)24-2)18(22)21-11-5-6-13(12-21)25-16-9-4-10-19-20-16/h3-4,7-10,13H,5-6,11-12H2,1-2H3/t13-/m1/s1. The number of carbonyl (C=O) groups is 1. The van der Waals surface area contributed by atoms with Gasteiger partial charge in [0.25, 0.3) is 5.91 Å².